The summed E-state index contributed by atoms with van der Waals surface area (Å²) in [7, 11) is 2.25. The standard InChI is InChI=1S/C15H23N/c1-13-6-3-4-7-14(10-13)11-15-8-5-9-16(2)12-15/h7,13,15H,4-5,8-12H2,1-2H3. The third-order valence-electron chi connectivity index (χ3n) is 3.68. The number of hydrogen-bond donors (Lipinski definition) is 0. The van der Waals surface area contributed by atoms with Gasteiger partial charge in [0.05, 0.1) is 0 Å². The molecule has 1 nitrogen and oxygen atoms in total. The lowest BCUT2D eigenvalue weighted by Gasteiger charge is -2.30. The van der Waals surface area contributed by atoms with Gasteiger partial charge in [0.25, 0.3) is 0 Å². The number of likely N-dealkylation sites (tertiary alicyclic amines) is 1. The van der Waals surface area contributed by atoms with Gasteiger partial charge in [-0.1, -0.05) is 30.4 Å². The van der Waals surface area contributed by atoms with Crippen LogP contribution in [0.25, 0.3) is 0 Å². The maximum atomic E-state index is 3.31. The molecule has 0 saturated carbocycles. The van der Waals surface area contributed by atoms with Crippen molar-refractivity contribution < 1.29 is 0 Å². The van der Waals surface area contributed by atoms with Crippen LogP contribution in [-0.4, -0.2) is 25.0 Å². The molecule has 0 spiro atoms. The van der Waals surface area contributed by atoms with Gasteiger partial charge < -0.3 is 4.90 Å². The fourth-order valence-corrected chi connectivity index (χ4v) is 2.93. The molecular formula is C15H23N. The van der Waals surface area contributed by atoms with Crippen molar-refractivity contribution in [3.05, 3.63) is 11.6 Å². The predicted octanol–water partition coefficient (Wildman–Crippen LogP) is 3.08. The summed E-state index contributed by atoms with van der Waals surface area (Å²) in [6.45, 7) is 4.82. The average Bonchev–Trinajstić information content (AvgIpc) is 2.43. The van der Waals surface area contributed by atoms with Crippen molar-refractivity contribution >= 4 is 0 Å². The molecule has 0 amide bonds. The van der Waals surface area contributed by atoms with E-state index in [1.807, 2.05) is 0 Å². The van der Waals surface area contributed by atoms with Gasteiger partial charge in [0, 0.05) is 18.9 Å². The van der Waals surface area contributed by atoms with Gasteiger partial charge in [0.1, 0.15) is 0 Å². The molecule has 0 aromatic heterocycles. The van der Waals surface area contributed by atoms with Crippen LogP contribution in [0.1, 0.15) is 39.0 Å². The lowest BCUT2D eigenvalue weighted by atomic mass is 9.88. The van der Waals surface area contributed by atoms with Crippen molar-refractivity contribution in [2.75, 3.05) is 20.1 Å². The Morgan fingerprint density at radius 2 is 2.38 bits per heavy atom. The van der Waals surface area contributed by atoms with Crippen molar-refractivity contribution in [3.63, 3.8) is 0 Å². The number of hydrogen-bond acceptors (Lipinski definition) is 1. The highest BCUT2D eigenvalue weighted by molar-refractivity contribution is 5.18. The van der Waals surface area contributed by atoms with Gasteiger partial charge in [0.2, 0.25) is 0 Å². The molecule has 16 heavy (non-hydrogen) atoms. The average molecular weight is 217 g/mol. The SMILES string of the molecule is CC1C#CCC=C(CC2CCCN(C)C2)C1. The Labute approximate surface area is 99.9 Å². The third kappa shape index (κ3) is 3.39. The minimum Gasteiger partial charge on any atom is -0.306 e. The van der Waals surface area contributed by atoms with E-state index in [1.165, 1.54) is 38.8 Å². The molecule has 0 aromatic rings. The van der Waals surface area contributed by atoms with Gasteiger partial charge in [-0.2, -0.15) is 0 Å². The molecule has 2 unspecified atom stereocenters. The monoisotopic (exact) mass is 217 g/mol. The number of piperidine rings is 1. The van der Waals surface area contributed by atoms with Crippen molar-refractivity contribution in [1.82, 2.24) is 4.90 Å². The van der Waals surface area contributed by atoms with Gasteiger partial charge in [0.15, 0.2) is 0 Å². The van der Waals surface area contributed by atoms with E-state index in [0.29, 0.717) is 5.92 Å². The van der Waals surface area contributed by atoms with E-state index < -0.39 is 0 Å². The maximum absolute atomic E-state index is 3.31. The zero-order valence-electron chi connectivity index (χ0n) is 10.6. The Kier molecular flexibility index (Phi) is 4.07. The predicted molar refractivity (Wildman–Crippen MR) is 69.1 cm³/mol. The van der Waals surface area contributed by atoms with Gasteiger partial charge in [-0.05, 0) is 45.2 Å². The highest BCUT2D eigenvalue weighted by atomic mass is 15.1. The van der Waals surface area contributed by atoms with E-state index in [9.17, 15) is 0 Å². The first-order valence-corrected chi connectivity index (χ1v) is 6.59. The highest BCUT2D eigenvalue weighted by Crippen LogP contribution is 2.26. The van der Waals surface area contributed by atoms with Crippen LogP contribution in [0.3, 0.4) is 0 Å². The lowest BCUT2D eigenvalue weighted by Crippen LogP contribution is -2.32. The summed E-state index contributed by atoms with van der Waals surface area (Å²) in [6.07, 6.45) is 8.65. The van der Waals surface area contributed by atoms with E-state index in [1.54, 1.807) is 5.57 Å². The smallest absolute Gasteiger partial charge is 0.0272 e. The summed E-state index contributed by atoms with van der Waals surface area (Å²) in [4.78, 5) is 2.48. The van der Waals surface area contributed by atoms with E-state index in [2.05, 4.69) is 36.8 Å². The summed E-state index contributed by atoms with van der Waals surface area (Å²) in [5.41, 5.74) is 1.64. The minimum atomic E-state index is 0.565. The molecule has 2 atom stereocenters. The van der Waals surface area contributed by atoms with Crippen molar-refractivity contribution in [2.24, 2.45) is 11.8 Å². The molecule has 2 rings (SSSR count). The van der Waals surface area contributed by atoms with Crippen LogP contribution in [0.15, 0.2) is 11.6 Å². The minimum absolute atomic E-state index is 0.565. The number of nitrogens with zero attached hydrogens (tertiary/aromatic N) is 1. The summed E-state index contributed by atoms with van der Waals surface area (Å²) >= 11 is 0. The van der Waals surface area contributed by atoms with Gasteiger partial charge in [-0.15, -0.1) is 0 Å². The molecule has 2 aliphatic rings. The second-order valence-corrected chi connectivity index (χ2v) is 5.47. The first-order chi connectivity index (χ1) is 7.74. The van der Waals surface area contributed by atoms with E-state index >= 15 is 0 Å². The van der Waals surface area contributed by atoms with Gasteiger partial charge in [-0.3, -0.25) is 0 Å². The van der Waals surface area contributed by atoms with Crippen LogP contribution in [0.2, 0.25) is 0 Å². The molecule has 1 heterocycles. The zero-order valence-corrected chi connectivity index (χ0v) is 10.6. The fourth-order valence-electron chi connectivity index (χ4n) is 2.93. The van der Waals surface area contributed by atoms with E-state index in [0.717, 1.165) is 12.3 Å². The quantitative estimate of drug-likeness (QED) is 0.507. The second kappa shape index (κ2) is 5.55. The van der Waals surface area contributed by atoms with Crippen LogP contribution >= 0.6 is 0 Å². The largest absolute Gasteiger partial charge is 0.306 e. The summed E-state index contributed by atoms with van der Waals surface area (Å²) in [5, 5.41) is 0. The molecule has 1 aliphatic heterocycles. The van der Waals surface area contributed by atoms with Crippen LogP contribution in [0.4, 0.5) is 0 Å². The van der Waals surface area contributed by atoms with Crippen molar-refractivity contribution in [1.29, 1.82) is 0 Å². The Morgan fingerprint density at radius 1 is 1.50 bits per heavy atom. The molecule has 1 aliphatic carbocycles. The first-order valence-electron chi connectivity index (χ1n) is 6.59. The Hall–Kier alpha value is -0.740. The molecule has 88 valence electrons. The summed E-state index contributed by atoms with van der Waals surface area (Å²) < 4.78 is 0. The molecule has 1 heteroatoms. The third-order valence-corrected chi connectivity index (χ3v) is 3.68. The van der Waals surface area contributed by atoms with Crippen molar-refractivity contribution in [2.45, 2.75) is 39.0 Å². The summed E-state index contributed by atoms with van der Waals surface area (Å²) in [5.74, 6) is 7.99. The van der Waals surface area contributed by atoms with Gasteiger partial charge >= 0.3 is 0 Å². The van der Waals surface area contributed by atoms with Crippen LogP contribution in [-0.2, 0) is 0 Å². The topological polar surface area (TPSA) is 3.24 Å². The Balaban J connectivity index is 1.87. The highest BCUT2D eigenvalue weighted by Gasteiger charge is 2.19. The second-order valence-electron chi connectivity index (χ2n) is 5.47. The normalized spacial score (nSPS) is 31.2. The first kappa shape index (κ1) is 11.7. The molecule has 1 fully saturated rings. The molecule has 1 saturated heterocycles. The summed E-state index contributed by atoms with van der Waals surface area (Å²) in [6, 6.07) is 0. The molecule has 0 aromatic carbocycles. The van der Waals surface area contributed by atoms with E-state index in [-0.39, 0.29) is 0 Å². The van der Waals surface area contributed by atoms with Crippen LogP contribution in [0.5, 0.6) is 0 Å². The van der Waals surface area contributed by atoms with E-state index in [4.69, 9.17) is 0 Å². The van der Waals surface area contributed by atoms with Crippen LogP contribution < -0.4 is 0 Å². The maximum Gasteiger partial charge on any atom is 0.0272 e. The van der Waals surface area contributed by atoms with Crippen LogP contribution in [0, 0.1) is 23.7 Å². The number of rotatable bonds is 2. The molecular weight excluding hydrogens is 194 g/mol. The molecule has 0 N–H and O–H groups in total. The van der Waals surface area contributed by atoms with Crippen molar-refractivity contribution in [3.8, 4) is 11.8 Å². The Bertz CT molecular complexity index is 318. The van der Waals surface area contributed by atoms with Gasteiger partial charge in [-0.25, -0.2) is 0 Å². The zero-order chi connectivity index (χ0) is 11.4. The fraction of sp³-hybridized carbons (Fsp3) is 0.733. The molecule has 0 radical (unpaired) electrons. The number of allylic oxidation sites excluding steroid dienone is 2. The lowest BCUT2D eigenvalue weighted by molar-refractivity contribution is 0.208. The molecule has 0 bridgehead atoms. The Morgan fingerprint density at radius 3 is 3.19 bits per heavy atom.